The molecule has 80 valence electrons. The van der Waals surface area contributed by atoms with Crippen molar-refractivity contribution in [1.29, 1.82) is 0 Å². The molecule has 0 bridgehead atoms. The first-order valence-corrected chi connectivity index (χ1v) is 3.99. The van der Waals surface area contributed by atoms with E-state index in [1.54, 1.807) is 13.8 Å². The van der Waals surface area contributed by atoms with Gasteiger partial charge in [-0.2, -0.15) is 9.78 Å². The fraction of sp³-hybridized carbons (Fsp3) is 0.500. The van der Waals surface area contributed by atoms with Gasteiger partial charge in [0.25, 0.3) is 0 Å². The number of hydrogen-bond donors (Lipinski definition) is 0. The van der Waals surface area contributed by atoms with Crippen molar-refractivity contribution < 1.29 is 29.1 Å². The molecule has 0 aromatic carbocycles. The summed E-state index contributed by atoms with van der Waals surface area (Å²) >= 11 is 0. The van der Waals surface area contributed by atoms with Gasteiger partial charge in [-0.3, -0.25) is 9.78 Å². The van der Waals surface area contributed by atoms with Crippen LogP contribution in [0, 0.1) is 0 Å². The monoisotopic (exact) mass is 204 g/mol. The molecule has 0 aliphatic carbocycles. The van der Waals surface area contributed by atoms with E-state index in [1.165, 1.54) is 0 Å². The molecule has 0 aliphatic heterocycles. The summed E-state index contributed by atoms with van der Waals surface area (Å²) in [5, 5.41) is 0. The first-order chi connectivity index (χ1) is 6.63. The van der Waals surface area contributed by atoms with Crippen molar-refractivity contribution in [3.05, 3.63) is 12.2 Å². The molecule has 0 atom stereocenters. The fourth-order valence-corrected chi connectivity index (χ4v) is 0.409. The van der Waals surface area contributed by atoms with Crippen molar-refractivity contribution in [2.24, 2.45) is 0 Å². The smallest absolute Gasteiger partial charge is 0.293 e. The SMILES string of the molecule is C=C(C(=O)OOCC)C(=O)OOCC. The average molecular weight is 204 g/mol. The second-order valence-electron chi connectivity index (χ2n) is 2.03. The average Bonchev–Trinajstić information content (AvgIpc) is 2.21. The van der Waals surface area contributed by atoms with Gasteiger partial charge in [0, 0.05) is 0 Å². The highest BCUT2D eigenvalue weighted by Gasteiger charge is 2.20. The van der Waals surface area contributed by atoms with Crippen LogP contribution in [-0.4, -0.2) is 25.2 Å². The van der Waals surface area contributed by atoms with Crippen LogP contribution in [0.5, 0.6) is 0 Å². The van der Waals surface area contributed by atoms with Crippen molar-refractivity contribution in [1.82, 2.24) is 0 Å². The maximum Gasteiger partial charge on any atom is 0.379 e. The molecule has 0 unspecified atom stereocenters. The van der Waals surface area contributed by atoms with Gasteiger partial charge in [0.2, 0.25) is 0 Å². The van der Waals surface area contributed by atoms with Crippen molar-refractivity contribution >= 4 is 11.9 Å². The fourth-order valence-electron chi connectivity index (χ4n) is 0.409. The minimum absolute atomic E-state index is 0.180. The molecule has 0 aromatic heterocycles. The molecule has 0 aromatic rings. The van der Waals surface area contributed by atoms with Gasteiger partial charge in [-0.1, -0.05) is 6.58 Å². The summed E-state index contributed by atoms with van der Waals surface area (Å²) in [6.07, 6.45) is 0. The van der Waals surface area contributed by atoms with Crippen molar-refractivity contribution in [2.75, 3.05) is 13.2 Å². The van der Waals surface area contributed by atoms with Crippen LogP contribution in [0.2, 0.25) is 0 Å². The molecule has 0 fully saturated rings. The summed E-state index contributed by atoms with van der Waals surface area (Å²) in [5.74, 6) is -2.01. The van der Waals surface area contributed by atoms with Crippen LogP contribution < -0.4 is 0 Å². The Hall–Kier alpha value is -1.40. The predicted molar refractivity (Wildman–Crippen MR) is 44.6 cm³/mol. The van der Waals surface area contributed by atoms with Gasteiger partial charge in [-0.25, -0.2) is 9.59 Å². The third-order valence-corrected chi connectivity index (χ3v) is 0.998. The topological polar surface area (TPSA) is 71.1 Å². The molecule has 0 N–H and O–H groups in total. The standard InChI is InChI=1S/C8H12O6/c1-4-11-13-7(9)6(3)8(10)14-12-5-2/h3-5H2,1-2H3. The number of hydrogen-bond acceptors (Lipinski definition) is 6. The summed E-state index contributed by atoms with van der Waals surface area (Å²) in [4.78, 5) is 38.7. The van der Waals surface area contributed by atoms with Crippen LogP contribution in [0.4, 0.5) is 0 Å². The first kappa shape index (κ1) is 12.6. The Morgan fingerprint density at radius 2 is 1.36 bits per heavy atom. The zero-order valence-corrected chi connectivity index (χ0v) is 8.07. The Kier molecular flexibility index (Phi) is 6.34. The minimum atomic E-state index is -1.00. The highest BCUT2D eigenvalue weighted by Crippen LogP contribution is 1.99. The van der Waals surface area contributed by atoms with Crippen LogP contribution >= 0.6 is 0 Å². The Bertz CT molecular complexity index is 200. The third kappa shape index (κ3) is 4.58. The summed E-state index contributed by atoms with van der Waals surface area (Å²) in [6, 6.07) is 0. The van der Waals surface area contributed by atoms with Gasteiger partial charge in [0.05, 0.1) is 13.2 Å². The van der Waals surface area contributed by atoms with Crippen LogP contribution in [0.25, 0.3) is 0 Å². The van der Waals surface area contributed by atoms with E-state index in [1.807, 2.05) is 0 Å². The predicted octanol–water partition coefficient (Wildman–Crippen LogP) is 0.532. The summed E-state index contributed by atoms with van der Waals surface area (Å²) < 4.78 is 0. The Balaban J connectivity index is 3.92. The van der Waals surface area contributed by atoms with Gasteiger partial charge >= 0.3 is 11.9 Å². The summed E-state index contributed by atoms with van der Waals surface area (Å²) in [6.45, 7) is 6.75. The van der Waals surface area contributed by atoms with Gasteiger partial charge in [-0.05, 0) is 13.8 Å². The molecule has 14 heavy (non-hydrogen) atoms. The van der Waals surface area contributed by atoms with E-state index in [-0.39, 0.29) is 13.2 Å². The highest BCUT2D eigenvalue weighted by atomic mass is 17.2. The first-order valence-electron chi connectivity index (χ1n) is 3.99. The third-order valence-electron chi connectivity index (χ3n) is 0.998. The Morgan fingerprint density at radius 1 is 1.00 bits per heavy atom. The molecule has 0 aliphatic rings. The van der Waals surface area contributed by atoms with E-state index in [0.717, 1.165) is 0 Å². The normalized spacial score (nSPS) is 9.29. The van der Waals surface area contributed by atoms with Crippen molar-refractivity contribution in [3.8, 4) is 0 Å². The maximum absolute atomic E-state index is 10.9. The van der Waals surface area contributed by atoms with Crippen molar-refractivity contribution in [3.63, 3.8) is 0 Å². The largest absolute Gasteiger partial charge is 0.379 e. The van der Waals surface area contributed by atoms with Crippen molar-refractivity contribution in [2.45, 2.75) is 13.8 Å². The van der Waals surface area contributed by atoms with E-state index >= 15 is 0 Å². The van der Waals surface area contributed by atoms with E-state index in [2.05, 4.69) is 26.1 Å². The lowest BCUT2D eigenvalue weighted by Gasteiger charge is -2.03. The lowest BCUT2D eigenvalue weighted by atomic mass is 10.3. The molecule has 0 amide bonds. The van der Waals surface area contributed by atoms with E-state index in [4.69, 9.17) is 0 Å². The van der Waals surface area contributed by atoms with Gasteiger partial charge < -0.3 is 0 Å². The number of carbonyl (C=O) groups is 2. The molecule has 0 saturated heterocycles. The molecule has 0 spiro atoms. The zero-order chi connectivity index (χ0) is 11.0. The van der Waals surface area contributed by atoms with Gasteiger partial charge in [0.1, 0.15) is 5.57 Å². The Labute approximate surface area is 81.2 Å². The molecule has 0 rings (SSSR count). The van der Waals surface area contributed by atoms with Gasteiger partial charge in [-0.15, -0.1) is 0 Å². The molecule has 6 nitrogen and oxygen atoms in total. The van der Waals surface area contributed by atoms with Crippen LogP contribution in [0.1, 0.15) is 13.8 Å². The van der Waals surface area contributed by atoms with Crippen LogP contribution in [-0.2, 0) is 29.1 Å². The molecular weight excluding hydrogens is 192 g/mol. The number of carbonyl (C=O) groups excluding carboxylic acids is 2. The summed E-state index contributed by atoms with van der Waals surface area (Å²) in [5.41, 5.74) is -0.494. The Morgan fingerprint density at radius 3 is 1.64 bits per heavy atom. The lowest BCUT2D eigenvalue weighted by Crippen LogP contribution is -2.17. The van der Waals surface area contributed by atoms with Crippen LogP contribution in [0.3, 0.4) is 0 Å². The molecule has 0 heterocycles. The van der Waals surface area contributed by atoms with Gasteiger partial charge in [0.15, 0.2) is 0 Å². The second kappa shape index (κ2) is 7.05. The molecule has 0 radical (unpaired) electrons. The second-order valence-corrected chi connectivity index (χ2v) is 2.03. The number of rotatable bonds is 6. The minimum Gasteiger partial charge on any atom is -0.293 e. The quantitative estimate of drug-likeness (QED) is 0.207. The highest BCUT2D eigenvalue weighted by molar-refractivity contribution is 6.13. The van der Waals surface area contributed by atoms with Crippen LogP contribution in [0.15, 0.2) is 12.2 Å². The van der Waals surface area contributed by atoms with E-state index in [9.17, 15) is 9.59 Å². The molecular formula is C8H12O6. The molecule has 6 heteroatoms. The molecule has 0 saturated carbocycles. The summed E-state index contributed by atoms with van der Waals surface area (Å²) in [7, 11) is 0. The lowest BCUT2D eigenvalue weighted by molar-refractivity contribution is -0.273. The zero-order valence-electron chi connectivity index (χ0n) is 8.07. The maximum atomic E-state index is 10.9. The van der Waals surface area contributed by atoms with E-state index in [0.29, 0.717) is 0 Å². The van der Waals surface area contributed by atoms with E-state index < -0.39 is 17.5 Å².